The third kappa shape index (κ3) is 4.25. The lowest BCUT2D eigenvalue weighted by atomic mass is 10.1. The number of hydrogen-bond donors (Lipinski definition) is 1. The Morgan fingerprint density at radius 2 is 1.95 bits per heavy atom. The number of methoxy groups -OCH3 is 2. The zero-order valence-corrected chi connectivity index (χ0v) is 14.1. The highest BCUT2D eigenvalue weighted by molar-refractivity contribution is 9.10. The van der Waals surface area contributed by atoms with Gasteiger partial charge in [0.15, 0.2) is 11.5 Å². The highest BCUT2D eigenvalue weighted by Crippen LogP contribution is 2.33. The van der Waals surface area contributed by atoms with Crippen LogP contribution in [-0.2, 0) is 13.0 Å². The predicted octanol–water partition coefficient (Wildman–Crippen LogP) is 3.78. The lowest BCUT2D eigenvalue weighted by Crippen LogP contribution is -2.27. The molecule has 0 saturated carbocycles. The largest absolute Gasteiger partial charge is 0.493 e. The van der Waals surface area contributed by atoms with Gasteiger partial charge in [-0.1, -0.05) is 15.9 Å². The first kappa shape index (κ1) is 15.9. The van der Waals surface area contributed by atoms with Crippen molar-refractivity contribution in [3.05, 3.63) is 46.3 Å². The molecular weight excluding hydrogens is 334 g/mol. The molecule has 1 aromatic heterocycles. The van der Waals surface area contributed by atoms with Crippen molar-refractivity contribution < 1.29 is 13.9 Å². The summed E-state index contributed by atoms with van der Waals surface area (Å²) < 4.78 is 17.0. The number of hydrogen-bond acceptors (Lipinski definition) is 4. The summed E-state index contributed by atoms with van der Waals surface area (Å²) in [6.07, 6.45) is 2.56. The Morgan fingerprint density at radius 1 is 1.24 bits per heavy atom. The number of rotatable bonds is 7. The van der Waals surface area contributed by atoms with Crippen molar-refractivity contribution in [2.75, 3.05) is 14.2 Å². The monoisotopic (exact) mass is 353 g/mol. The number of furan rings is 1. The van der Waals surface area contributed by atoms with Crippen LogP contribution < -0.4 is 14.8 Å². The number of ether oxygens (including phenoxy) is 2. The van der Waals surface area contributed by atoms with Crippen LogP contribution in [-0.4, -0.2) is 20.3 Å². The molecule has 1 atom stereocenters. The fourth-order valence-corrected chi connectivity index (χ4v) is 2.58. The second-order valence-electron chi connectivity index (χ2n) is 4.86. The van der Waals surface area contributed by atoms with E-state index in [1.807, 2.05) is 24.3 Å². The van der Waals surface area contributed by atoms with Crippen molar-refractivity contribution in [3.8, 4) is 11.5 Å². The SMILES string of the molecule is COc1cc(Br)c(CN[C@H](C)Cc2ccco2)cc1OC. The quantitative estimate of drug-likeness (QED) is 0.822. The molecule has 0 fully saturated rings. The molecule has 0 spiro atoms. The Kier molecular flexibility index (Phi) is 5.70. The van der Waals surface area contributed by atoms with Gasteiger partial charge in [-0.3, -0.25) is 0 Å². The van der Waals surface area contributed by atoms with Crippen LogP contribution >= 0.6 is 15.9 Å². The van der Waals surface area contributed by atoms with Crippen molar-refractivity contribution in [2.45, 2.75) is 25.9 Å². The highest BCUT2D eigenvalue weighted by atomic mass is 79.9. The van der Waals surface area contributed by atoms with Crippen molar-refractivity contribution in [2.24, 2.45) is 0 Å². The molecule has 1 heterocycles. The Morgan fingerprint density at radius 3 is 2.57 bits per heavy atom. The fraction of sp³-hybridized carbons (Fsp3) is 0.375. The van der Waals surface area contributed by atoms with E-state index in [0.29, 0.717) is 6.04 Å². The lowest BCUT2D eigenvalue weighted by Gasteiger charge is -2.15. The van der Waals surface area contributed by atoms with Crippen LogP contribution in [0.25, 0.3) is 0 Å². The topological polar surface area (TPSA) is 43.6 Å². The van der Waals surface area contributed by atoms with Gasteiger partial charge in [-0.15, -0.1) is 0 Å². The summed E-state index contributed by atoms with van der Waals surface area (Å²) in [6, 6.07) is 8.12. The maximum Gasteiger partial charge on any atom is 0.161 e. The van der Waals surface area contributed by atoms with E-state index in [4.69, 9.17) is 13.9 Å². The third-order valence-corrected chi connectivity index (χ3v) is 4.02. The van der Waals surface area contributed by atoms with Gasteiger partial charge >= 0.3 is 0 Å². The summed E-state index contributed by atoms with van der Waals surface area (Å²) in [5.74, 6) is 2.44. The summed E-state index contributed by atoms with van der Waals surface area (Å²) in [5, 5.41) is 3.48. The molecule has 0 aliphatic carbocycles. The van der Waals surface area contributed by atoms with Gasteiger partial charge in [0.1, 0.15) is 5.76 Å². The molecule has 0 aliphatic rings. The summed E-state index contributed by atoms with van der Waals surface area (Å²) in [7, 11) is 3.27. The van der Waals surface area contributed by atoms with Crippen LogP contribution in [0, 0.1) is 0 Å². The molecule has 0 bridgehead atoms. The fourth-order valence-electron chi connectivity index (χ4n) is 2.12. The van der Waals surface area contributed by atoms with Crippen LogP contribution in [0.5, 0.6) is 11.5 Å². The van der Waals surface area contributed by atoms with E-state index in [0.717, 1.165) is 40.3 Å². The Labute approximate surface area is 133 Å². The standard InChI is InChI=1S/C16H20BrNO3/c1-11(7-13-5-4-6-21-13)18-10-12-8-15(19-2)16(20-3)9-14(12)17/h4-6,8-9,11,18H,7,10H2,1-3H3/t11-/m1/s1. The first-order valence-electron chi connectivity index (χ1n) is 6.80. The molecule has 114 valence electrons. The molecule has 0 unspecified atom stereocenters. The van der Waals surface area contributed by atoms with Gasteiger partial charge < -0.3 is 19.2 Å². The molecule has 0 aliphatic heterocycles. The minimum Gasteiger partial charge on any atom is -0.493 e. The first-order chi connectivity index (χ1) is 10.1. The highest BCUT2D eigenvalue weighted by Gasteiger charge is 2.11. The second-order valence-corrected chi connectivity index (χ2v) is 5.72. The third-order valence-electron chi connectivity index (χ3n) is 3.28. The smallest absolute Gasteiger partial charge is 0.161 e. The summed E-state index contributed by atoms with van der Waals surface area (Å²) in [5.41, 5.74) is 1.12. The first-order valence-corrected chi connectivity index (χ1v) is 7.59. The van der Waals surface area contributed by atoms with Gasteiger partial charge in [0.05, 0.1) is 20.5 Å². The normalized spacial score (nSPS) is 12.2. The molecule has 0 amide bonds. The zero-order chi connectivity index (χ0) is 15.2. The molecule has 0 saturated heterocycles. The summed E-state index contributed by atoms with van der Waals surface area (Å²) in [6.45, 7) is 2.87. The molecule has 4 nitrogen and oxygen atoms in total. The van der Waals surface area contributed by atoms with Crippen molar-refractivity contribution in [3.63, 3.8) is 0 Å². The van der Waals surface area contributed by atoms with Gasteiger partial charge in [0.25, 0.3) is 0 Å². The average molecular weight is 354 g/mol. The summed E-state index contributed by atoms with van der Waals surface area (Å²) >= 11 is 3.57. The van der Waals surface area contributed by atoms with Crippen LogP contribution in [0.3, 0.4) is 0 Å². The van der Waals surface area contributed by atoms with E-state index in [1.54, 1.807) is 20.5 Å². The van der Waals surface area contributed by atoms with Gasteiger partial charge in [0, 0.05) is 23.5 Å². The number of benzene rings is 1. The minimum absolute atomic E-state index is 0.316. The summed E-state index contributed by atoms with van der Waals surface area (Å²) in [4.78, 5) is 0. The zero-order valence-electron chi connectivity index (χ0n) is 12.5. The Bertz CT molecular complexity index is 569. The Hall–Kier alpha value is -1.46. The van der Waals surface area contributed by atoms with E-state index < -0.39 is 0 Å². The second kappa shape index (κ2) is 7.52. The van der Waals surface area contributed by atoms with Crippen LogP contribution in [0.15, 0.2) is 39.4 Å². The van der Waals surface area contributed by atoms with Gasteiger partial charge in [0.2, 0.25) is 0 Å². The number of nitrogens with one attached hydrogen (secondary N) is 1. The molecule has 1 N–H and O–H groups in total. The van der Waals surface area contributed by atoms with E-state index in [1.165, 1.54) is 0 Å². The molecule has 21 heavy (non-hydrogen) atoms. The molecule has 5 heteroatoms. The van der Waals surface area contributed by atoms with E-state index in [-0.39, 0.29) is 0 Å². The molecule has 2 rings (SSSR count). The van der Waals surface area contributed by atoms with Crippen LogP contribution in [0.1, 0.15) is 18.2 Å². The van der Waals surface area contributed by atoms with Gasteiger partial charge in [-0.05, 0) is 36.8 Å². The lowest BCUT2D eigenvalue weighted by molar-refractivity contribution is 0.354. The van der Waals surface area contributed by atoms with E-state index >= 15 is 0 Å². The van der Waals surface area contributed by atoms with Gasteiger partial charge in [-0.2, -0.15) is 0 Å². The van der Waals surface area contributed by atoms with Crippen LogP contribution in [0.2, 0.25) is 0 Å². The van der Waals surface area contributed by atoms with Crippen molar-refractivity contribution in [1.29, 1.82) is 0 Å². The average Bonchev–Trinajstić information content (AvgIpc) is 2.98. The van der Waals surface area contributed by atoms with E-state index in [2.05, 4.69) is 28.2 Å². The minimum atomic E-state index is 0.316. The van der Waals surface area contributed by atoms with Gasteiger partial charge in [-0.25, -0.2) is 0 Å². The van der Waals surface area contributed by atoms with Crippen molar-refractivity contribution >= 4 is 15.9 Å². The van der Waals surface area contributed by atoms with E-state index in [9.17, 15) is 0 Å². The number of halogens is 1. The van der Waals surface area contributed by atoms with Crippen LogP contribution in [0.4, 0.5) is 0 Å². The maximum absolute atomic E-state index is 5.36. The molecule has 0 radical (unpaired) electrons. The molecule has 2 aromatic rings. The van der Waals surface area contributed by atoms with Crippen molar-refractivity contribution in [1.82, 2.24) is 5.32 Å². The molecular formula is C16H20BrNO3. The Balaban J connectivity index is 1.99. The predicted molar refractivity (Wildman–Crippen MR) is 86.0 cm³/mol. The maximum atomic E-state index is 5.36. The molecule has 1 aromatic carbocycles.